The smallest absolute Gasteiger partial charge is 0.417 e. The van der Waals surface area contributed by atoms with Crippen LogP contribution in [0.5, 0.6) is 11.5 Å². The molecule has 2 heterocycles. The van der Waals surface area contributed by atoms with E-state index >= 15 is 0 Å². The van der Waals surface area contributed by atoms with Crippen molar-refractivity contribution >= 4 is 16.8 Å². The molecule has 0 bridgehead atoms. The molecular formula is C20H23F3N2O9. The number of rotatable bonds is 6. The topological polar surface area (TPSA) is 160 Å². The van der Waals surface area contributed by atoms with Crippen LogP contribution in [0.3, 0.4) is 0 Å². The summed E-state index contributed by atoms with van der Waals surface area (Å²) in [5.41, 5.74) is -2.15. The third kappa shape index (κ3) is 4.95. The summed E-state index contributed by atoms with van der Waals surface area (Å²) < 4.78 is 56.9. The number of methoxy groups -OCH3 is 1. The van der Waals surface area contributed by atoms with E-state index in [1.807, 2.05) is 0 Å². The van der Waals surface area contributed by atoms with Crippen molar-refractivity contribution in [3.63, 3.8) is 0 Å². The van der Waals surface area contributed by atoms with Gasteiger partial charge >= 0.3 is 6.18 Å². The number of aromatic nitrogens is 1. The van der Waals surface area contributed by atoms with Crippen LogP contribution in [0.4, 0.5) is 13.2 Å². The van der Waals surface area contributed by atoms with Crippen LogP contribution >= 0.6 is 0 Å². The highest BCUT2D eigenvalue weighted by Gasteiger charge is 2.44. The number of halogens is 3. The number of hydrogen-bond acceptors (Lipinski definition) is 9. The fourth-order valence-electron chi connectivity index (χ4n) is 3.59. The normalized spacial score (nSPS) is 25.3. The molecule has 1 aliphatic rings. The van der Waals surface area contributed by atoms with Crippen molar-refractivity contribution in [3.8, 4) is 11.5 Å². The summed E-state index contributed by atoms with van der Waals surface area (Å²) in [6, 6.07) is 1.11. The molecule has 1 unspecified atom stereocenters. The predicted octanol–water partition coefficient (Wildman–Crippen LogP) is -1.14. The first-order chi connectivity index (χ1) is 15.9. The van der Waals surface area contributed by atoms with Gasteiger partial charge in [0.2, 0.25) is 0 Å². The molecule has 0 saturated carbocycles. The average molecular weight is 492 g/mol. The van der Waals surface area contributed by atoms with Crippen LogP contribution < -0.4 is 20.3 Å². The number of benzene rings is 1. The van der Waals surface area contributed by atoms with Crippen molar-refractivity contribution < 1.29 is 52.6 Å². The number of hydrogen-bond donors (Lipinski definition) is 5. The lowest BCUT2D eigenvalue weighted by Gasteiger charge is -2.40. The van der Waals surface area contributed by atoms with Crippen LogP contribution in [0, 0.1) is 0 Å². The number of ether oxygens (including phenoxy) is 3. The van der Waals surface area contributed by atoms with Gasteiger partial charge in [-0.25, -0.2) is 0 Å². The van der Waals surface area contributed by atoms with Gasteiger partial charge in [-0.05, 0) is 6.07 Å². The molecule has 34 heavy (non-hydrogen) atoms. The highest BCUT2D eigenvalue weighted by Crippen LogP contribution is 2.38. The van der Waals surface area contributed by atoms with Crippen LogP contribution in [-0.2, 0) is 22.8 Å². The maximum atomic E-state index is 13.5. The zero-order valence-electron chi connectivity index (χ0n) is 17.9. The molecule has 3 rings (SSSR count). The third-order valence-electron chi connectivity index (χ3n) is 5.42. The van der Waals surface area contributed by atoms with E-state index in [9.17, 15) is 38.1 Å². The standard InChI is InChI=1S/C20H23F3N2O9/c1-25-10-5-11(32-2)12(3-8(10)9(4-15(25)28)20(21,22)23)33-7-14(27)24-16-18(30)17(29)13(6-26)34-19(16)31/h3-5,13,16-19,26,29-31H,6-7H2,1-2H3,(H,24,27)/t13-,16-,17-,18-,19?/m1/s1. The minimum atomic E-state index is -4.84. The number of aryl methyl sites for hydroxylation is 1. The van der Waals surface area contributed by atoms with Gasteiger partial charge in [0, 0.05) is 24.6 Å². The number of nitrogens with one attached hydrogen (secondary N) is 1. The Hall–Kier alpha value is -2.91. The van der Waals surface area contributed by atoms with Crippen molar-refractivity contribution in [2.75, 3.05) is 20.3 Å². The molecule has 2 aromatic rings. The first-order valence-corrected chi connectivity index (χ1v) is 9.90. The zero-order chi connectivity index (χ0) is 25.4. The maximum Gasteiger partial charge on any atom is 0.417 e. The second-order valence-electron chi connectivity index (χ2n) is 7.58. The van der Waals surface area contributed by atoms with Crippen LogP contribution in [-0.4, -0.2) is 81.9 Å². The highest BCUT2D eigenvalue weighted by atomic mass is 19.4. The van der Waals surface area contributed by atoms with Gasteiger partial charge in [-0.15, -0.1) is 0 Å². The van der Waals surface area contributed by atoms with Crippen molar-refractivity contribution in [1.82, 2.24) is 9.88 Å². The summed E-state index contributed by atoms with van der Waals surface area (Å²) in [6.45, 7) is -1.46. The summed E-state index contributed by atoms with van der Waals surface area (Å²) in [4.78, 5) is 24.3. The Morgan fingerprint density at radius 2 is 1.85 bits per heavy atom. The van der Waals surface area contributed by atoms with Gasteiger partial charge in [-0.3, -0.25) is 9.59 Å². The summed E-state index contributed by atoms with van der Waals surface area (Å²) in [5, 5.41) is 40.8. The Labute approximate surface area is 189 Å². The van der Waals surface area contributed by atoms with Gasteiger partial charge in [0.1, 0.15) is 24.4 Å². The quantitative estimate of drug-likeness (QED) is 0.336. The van der Waals surface area contributed by atoms with Gasteiger partial charge in [0.05, 0.1) is 24.8 Å². The second-order valence-corrected chi connectivity index (χ2v) is 7.58. The number of fused-ring (bicyclic) bond motifs is 1. The number of amides is 1. The van der Waals surface area contributed by atoms with Gasteiger partial charge in [0.15, 0.2) is 24.4 Å². The lowest BCUT2D eigenvalue weighted by molar-refractivity contribution is -0.253. The van der Waals surface area contributed by atoms with Crippen LogP contribution in [0.2, 0.25) is 0 Å². The lowest BCUT2D eigenvalue weighted by Crippen LogP contribution is -2.64. The van der Waals surface area contributed by atoms with Gasteiger partial charge in [0.25, 0.3) is 11.5 Å². The Morgan fingerprint density at radius 1 is 1.18 bits per heavy atom. The first kappa shape index (κ1) is 25.7. The van der Waals surface area contributed by atoms with Crippen molar-refractivity contribution in [1.29, 1.82) is 0 Å². The van der Waals surface area contributed by atoms with Crippen molar-refractivity contribution in [2.24, 2.45) is 7.05 Å². The number of carbonyl (C=O) groups excluding carboxylic acids is 1. The van der Waals surface area contributed by atoms with E-state index in [1.54, 1.807) is 0 Å². The van der Waals surface area contributed by atoms with Crippen molar-refractivity contribution in [2.45, 2.75) is 36.8 Å². The molecule has 0 aliphatic carbocycles. The Bertz CT molecular complexity index is 1120. The predicted molar refractivity (Wildman–Crippen MR) is 108 cm³/mol. The van der Waals surface area contributed by atoms with Crippen LogP contribution in [0.25, 0.3) is 10.9 Å². The van der Waals surface area contributed by atoms with Crippen LogP contribution in [0.15, 0.2) is 23.0 Å². The molecule has 1 aromatic heterocycles. The van der Waals surface area contributed by atoms with Gasteiger partial charge in [-0.2, -0.15) is 13.2 Å². The molecule has 1 saturated heterocycles. The summed E-state index contributed by atoms with van der Waals surface area (Å²) in [5.74, 6) is -1.22. The molecule has 1 amide bonds. The first-order valence-electron chi connectivity index (χ1n) is 9.90. The summed E-state index contributed by atoms with van der Waals surface area (Å²) in [6.07, 6.45) is -11.2. The molecule has 14 heteroatoms. The van der Waals surface area contributed by atoms with E-state index < -0.39 is 67.1 Å². The molecule has 0 spiro atoms. The van der Waals surface area contributed by atoms with E-state index in [4.69, 9.17) is 19.3 Å². The fourth-order valence-corrected chi connectivity index (χ4v) is 3.59. The summed E-state index contributed by atoms with van der Waals surface area (Å²) in [7, 11) is 2.50. The average Bonchev–Trinajstić information content (AvgIpc) is 2.78. The molecule has 5 N–H and O–H groups in total. The molecule has 5 atom stereocenters. The minimum Gasteiger partial charge on any atom is -0.493 e. The molecule has 1 fully saturated rings. The third-order valence-corrected chi connectivity index (χ3v) is 5.42. The molecule has 1 aliphatic heterocycles. The maximum absolute atomic E-state index is 13.5. The number of nitrogens with zero attached hydrogens (tertiary/aromatic N) is 1. The van der Waals surface area contributed by atoms with E-state index in [-0.39, 0.29) is 22.4 Å². The molecule has 0 radical (unpaired) electrons. The van der Waals surface area contributed by atoms with E-state index in [0.717, 1.165) is 16.7 Å². The van der Waals surface area contributed by atoms with E-state index in [1.165, 1.54) is 14.2 Å². The zero-order valence-corrected chi connectivity index (χ0v) is 17.9. The minimum absolute atomic E-state index is 0.0584. The Balaban J connectivity index is 1.84. The van der Waals surface area contributed by atoms with E-state index in [0.29, 0.717) is 6.07 Å². The van der Waals surface area contributed by atoms with Gasteiger partial charge < -0.3 is 44.5 Å². The Morgan fingerprint density at radius 3 is 2.44 bits per heavy atom. The lowest BCUT2D eigenvalue weighted by atomic mass is 9.97. The molecule has 11 nitrogen and oxygen atoms in total. The monoisotopic (exact) mass is 492 g/mol. The fraction of sp³-hybridized carbons (Fsp3) is 0.500. The second kappa shape index (κ2) is 9.76. The number of carbonyl (C=O) groups is 1. The number of aliphatic hydroxyl groups is 4. The summed E-state index contributed by atoms with van der Waals surface area (Å²) >= 11 is 0. The number of pyridine rings is 1. The number of alkyl halides is 3. The van der Waals surface area contributed by atoms with Crippen molar-refractivity contribution in [3.05, 3.63) is 34.1 Å². The van der Waals surface area contributed by atoms with Gasteiger partial charge in [-0.1, -0.05) is 0 Å². The molecular weight excluding hydrogens is 469 g/mol. The molecule has 188 valence electrons. The largest absolute Gasteiger partial charge is 0.493 e. The number of aliphatic hydroxyl groups excluding tert-OH is 4. The molecule has 1 aromatic carbocycles. The SMILES string of the molecule is COc1cc2c(cc1OCC(=O)N[C@H]1C(O)O[C@H](CO)[C@@H](O)[C@@H]1O)c(C(F)(F)F)cc(=O)n2C. The Kier molecular flexibility index (Phi) is 7.38. The van der Waals surface area contributed by atoms with E-state index in [2.05, 4.69) is 5.32 Å². The highest BCUT2D eigenvalue weighted by molar-refractivity contribution is 5.87. The van der Waals surface area contributed by atoms with Crippen LogP contribution in [0.1, 0.15) is 5.56 Å².